The fourth-order valence-corrected chi connectivity index (χ4v) is 3.51. The average Bonchev–Trinajstić information content (AvgIpc) is 3.15. The predicted molar refractivity (Wildman–Crippen MR) is 87.9 cm³/mol. The van der Waals surface area contributed by atoms with Gasteiger partial charge >= 0.3 is 0 Å². The molecular formula is C18H15ClN2O3. The Morgan fingerprint density at radius 1 is 1.17 bits per heavy atom. The number of allylic oxidation sites excluding steroid dienone is 2. The molecule has 1 aromatic heterocycles. The second kappa shape index (κ2) is 5.91. The number of hydrogen-bond donors (Lipinski definition) is 0. The van der Waals surface area contributed by atoms with Crippen LogP contribution in [0, 0.1) is 11.8 Å². The van der Waals surface area contributed by atoms with E-state index >= 15 is 0 Å². The molecular weight excluding hydrogens is 328 g/mol. The maximum absolute atomic E-state index is 12.5. The van der Waals surface area contributed by atoms with Gasteiger partial charge in [0, 0.05) is 10.6 Å². The first-order valence-corrected chi connectivity index (χ1v) is 8.22. The third-order valence-corrected chi connectivity index (χ3v) is 4.79. The zero-order chi connectivity index (χ0) is 16.7. The quantitative estimate of drug-likeness (QED) is 0.633. The normalized spacial score (nSPS) is 23.0. The van der Waals surface area contributed by atoms with Gasteiger partial charge in [-0.3, -0.25) is 14.5 Å². The number of carbonyl (C=O) groups excluding carboxylic acids is 2. The second-order valence-corrected chi connectivity index (χ2v) is 6.48. The molecule has 6 heteroatoms. The standard InChI is InChI=1S/C18H15ClN2O3/c19-12-5-3-4-11(8-12)15-9-20-16(24-15)10-21-17(22)13-6-1-2-7-14(13)18(21)23/h1-5,8-9,13-14H,6-7,10H2. The number of halogens is 1. The van der Waals surface area contributed by atoms with Gasteiger partial charge < -0.3 is 4.42 Å². The molecule has 1 saturated heterocycles. The summed E-state index contributed by atoms with van der Waals surface area (Å²) in [5.74, 6) is 0.187. The number of aromatic nitrogens is 1. The highest BCUT2D eigenvalue weighted by molar-refractivity contribution is 6.30. The van der Waals surface area contributed by atoms with Crippen LogP contribution in [-0.4, -0.2) is 21.7 Å². The lowest BCUT2D eigenvalue weighted by atomic mass is 9.85. The van der Waals surface area contributed by atoms with Crippen LogP contribution >= 0.6 is 11.6 Å². The molecule has 5 nitrogen and oxygen atoms in total. The Hall–Kier alpha value is -2.40. The summed E-state index contributed by atoms with van der Waals surface area (Å²) in [4.78, 5) is 30.4. The van der Waals surface area contributed by atoms with Crippen LogP contribution < -0.4 is 0 Å². The van der Waals surface area contributed by atoms with Crippen molar-refractivity contribution < 1.29 is 14.0 Å². The molecule has 0 radical (unpaired) electrons. The Labute approximate surface area is 143 Å². The SMILES string of the molecule is O=C1C2CC=CCC2C(=O)N1Cc1ncc(-c2cccc(Cl)c2)o1. The van der Waals surface area contributed by atoms with Gasteiger partial charge in [0.15, 0.2) is 5.76 Å². The molecule has 2 amide bonds. The van der Waals surface area contributed by atoms with Gasteiger partial charge in [0.25, 0.3) is 0 Å². The molecule has 1 fully saturated rings. The fraction of sp³-hybridized carbons (Fsp3) is 0.278. The monoisotopic (exact) mass is 342 g/mol. The largest absolute Gasteiger partial charge is 0.439 e. The molecule has 1 aliphatic carbocycles. The number of likely N-dealkylation sites (tertiary alicyclic amines) is 1. The molecule has 4 rings (SSSR count). The molecule has 2 atom stereocenters. The number of nitrogens with zero attached hydrogens (tertiary/aromatic N) is 2. The molecule has 24 heavy (non-hydrogen) atoms. The van der Waals surface area contributed by atoms with Gasteiger partial charge in [0.1, 0.15) is 6.54 Å². The van der Waals surface area contributed by atoms with Gasteiger partial charge in [-0.1, -0.05) is 35.9 Å². The zero-order valence-electron chi connectivity index (χ0n) is 12.8. The van der Waals surface area contributed by atoms with Crippen molar-refractivity contribution >= 4 is 23.4 Å². The number of imide groups is 1. The van der Waals surface area contributed by atoms with Crippen LogP contribution in [-0.2, 0) is 16.1 Å². The molecule has 0 N–H and O–H groups in total. The van der Waals surface area contributed by atoms with Crippen molar-refractivity contribution in [3.8, 4) is 11.3 Å². The highest BCUT2D eigenvalue weighted by Gasteiger charge is 2.47. The number of fused-ring (bicyclic) bond motifs is 1. The van der Waals surface area contributed by atoms with E-state index in [4.69, 9.17) is 16.0 Å². The van der Waals surface area contributed by atoms with E-state index in [2.05, 4.69) is 4.98 Å². The summed E-state index contributed by atoms with van der Waals surface area (Å²) in [6.07, 6.45) is 6.78. The average molecular weight is 343 g/mol. The highest BCUT2D eigenvalue weighted by Crippen LogP contribution is 2.36. The van der Waals surface area contributed by atoms with E-state index in [1.165, 1.54) is 4.90 Å². The summed E-state index contributed by atoms with van der Waals surface area (Å²) < 4.78 is 5.71. The van der Waals surface area contributed by atoms with E-state index in [0.717, 1.165) is 5.56 Å². The van der Waals surface area contributed by atoms with Crippen LogP contribution in [0.15, 0.2) is 47.0 Å². The Kier molecular flexibility index (Phi) is 3.73. The summed E-state index contributed by atoms with van der Waals surface area (Å²) >= 11 is 5.98. The van der Waals surface area contributed by atoms with E-state index in [0.29, 0.717) is 29.5 Å². The van der Waals surface area contributed by atoms with Crippen molar-refractivity contribution in [2.45, 2.75) is 19.4 Å². The van der Waals surface area contributed by atoms with Gasteiger partial charge in [-0.05, 0) is 25.0 Å². The van der Waals surface area contributed by atoms with Gasteiger partial charge in [-0.2, -0.15) is 0 Å². The summed E-state index contributed by atoms with van der Waals surface area (Å²) in [5.41, 5.74) is 0.804. The molecule has 2 aromatic rings. The molecule has 2 heterocycles. The third kappa shape index (κ3) is 2.55. The van der Waals surface area contributed by atoms with Gasteiger partial charge in [0.05, 0.1) is 18.0 Å². The zero-order valence-corrected chi connectivity index (χ0v) is 13.6. The third-order valence-electron chi connectivity index (χ3n) is 4.55. The minimum Gasteiger partial charge on any atom is -0.439 e. The van der Waals surface area contributed by atoms with E-state index in [1.807, 2.05) is 24.3 Å². The molecule has 1 aromatic carbocycles. The van der Waals surface area contributed by atoms with Crippen LogP contribution in [0.4, 0.5) is 0 Å². The van der Waals surface area contributed by atoms with E-state index < -0.39 is 0 Å². The van der Waals surface area contributed by atoms with Crippen LogP contribution in [0.2, 0.25) is 5.02 Å². The summed E-state index contributed by atoms with van der Waals surface area (Å²) in [6.45, 7) is 0.0746. The van der Waals surface area contributed by atoms with Crippen molar-refractivity contribution in [1.82, 2.24) is 9.88 Å². The van der Waals surface area contributed by atoms with Crippen LogP contribution in [0.5, 0.6) is 0 Å². The number of amides is 2. The van der Waals surface area contributed by atoms with Crippen LogP contribution in [0.3, 0.4) is 0 Å². The van der Waals surface area contributed by atoms with Gasteiger partial charge in [-0.25, -0.2) is 4.98 Å². The Morgan fingerprint density at radius 2 is 1.88 bits per heavy atom. The number of carbonyl (C=O) groups is 2. The van der Waals surface area contributed by atoms with Crippen molar-refractivity contribution in [3.05, 3.63) is 53.5 Å². The lowest BCUT2D eigenvalue weighted by Gasteiger charge is -2.14. The smallest absolute Gasteiger partial charge is 0.233 e. The molecule has 2 aliphatic rings. The van der Waals surface area contributed by atoms with E-state index in [1.54, 1.807) is 18.3 Å². The van der Waals surface area contributed by atoms with Gasteiger partial charge in [-0.15, -0.1) is 0 Å². The highest BCUT2D eigenvalue weighted by atomic mass is 35.5. The Bertz CT molecular complexity index is 816. The molecule has 0 spiro atoms. The molecule has 0 bridgehead atoms. The van der Waals surface area contributed by atoms with Crippen molar-refractivity contribution in [2.24, 2.45) is 11.8 Å². The first kappa shape index (κ1) is 15.1. The number of hydrogen-bond acceptors (Lipinski definition) is 4. The maximum Gasteiger partial charge on any atom is 0.233 e. The first-order valence-electron chi connectivity index (χ1n) is 7.84. The number of rotatable bonds is 3. The molecule has 122 valence electrons. The van der Waals surface area contributed by atoms with Crippen molar-refractivity contribution in [3.63, 3.8) is 0 Å². The lowest BCUT2D eigenvalue weighted by Crippen LogP contribution is -2.30. The van der Waals surface area contributed by atoms with Crippen molar-refractivity contribution in [1.29, 1.82) is 0 Å². The second-order valence-electron chi connectivity index (χ2n) is 6.05. The van der Waals surface area contributed by atoms with Crippen LogP contribution in [0.25, 0.3) is 11.3 Å². The summed E-state index contributed by atoms with van der Waals surface area (Å²) in [7, 11) is 0. The topological polar surface area (TPSA) is 63.4 Å². The molecule has 1 aliphatic heterocycles. The van der Waals surface area contributed by atoms with E-state index in [-0.39, 0.29) is 30.2 Å². The van der Waals surface area contributed by atoms with E-state index in [9.17, 15) is 9.59 Å². The molecule has 2 unspecified atom stereocenters. The fourth-order valence-electron chi connectivity index (χ4n) is 3.32. The minimum absolute atomic E-state index is 0.0746. The summed E-state index contributed by atoms with van der Waals surface area (Å²) in [6, 6.07) is 7.24. The lowest BCUT2D eigenvalue weighted by molar-refractivity contribution is -0.140. The maximum atomic E-state index is 12.5. The summed E-state index contributed by atoms with van der Waals surface area (Å²) in [5, 5.41) is 0.604. The Balaban J connectivity index is 1.54. The first-order chi connectivity index (χ1) is 11.6. The number of benzene rings is 1. The number of oxazole rings is 1. The molecule has 0 saturated carbocycles. The van der Waals surface area contributed by atoms with Gasteiger partial charge in [0.2, 0.25) is 17.7 Å². The minimum atomic E-state index is -0.232. The Morgan fingerprint density at radius 3 is 2.54 bits per heavy atom. The van der Waals surface area contributed by atoms with Crippen LogP contribution in [0.1, 0.15) is 18.7 Å². The van der Waals surface area contributed by atoms with Crippen molar-refractivity contribution in [2.75, 3.05) is 0 Å². The predicted octanol–water partition coefficient (Wildman–Crippen LogP) is 3.45.